The van der Waals surface area contributed by atoms with E-state index < -0.39 is 18.7 Å². The molecule has 0 radical (unpaired) electrons. The Hall–Kier alpha value is -2.86. The summed E-state index contributed by atoms with van der Waals surface area (Å²) in [6.07, 6.45) is -0.786. The lowest BCUT2D eigenvalue weighted by Gasteiger charge is -2.24. The highest BCUT2D eigenvalue weighted by Gasteiger charge is 2.19. The molecule has 0 fully saturated rings. The van der Waals surface area contributed by atoms with E-state index in [2.05, 4.69) is 0 Å². The van der Waals surface area contributed by atoms with Crippen molar-refractivity contribution >= 4 is 11.9 Å². The Morgan fingerprint density at radius 1 is 1.15 bits per heavy atom. The fraction of sp³-hybridized carbons (Fsp3) is 0.300. The van der Waals surface area contributed by atoms with Gasteiger partial charge in [0.05, 0.1) is 12.6 Å². The molecule has 0 heterocycles. The van der Waals surface area contributed by atoms with E-state index in [-0.39, 0.29) is 12.5 Å². The number of ether oxygens (including phenoxy) is 1. The third kappa shape index (κ3) is 5.32. The number of carbonyl (C=O) groups is 2. The van der Waals surface area contributed by atoms with Gasteiger partial charge in [-0.2, -0.15) is 0 Å². The number of rotatable bonds is 8. The number of nitrogens with zero attached hydrogens (tertiary/aromatic N) is 1. The van der Waals surface area contributed by atoms with Crippen LogP contribution in [-0.2, 0) is 4.79 Å². The molecule has 0 aliphatic heterocycles. The predicted octanol–water partition coefficient (Wildman–Crippen LogP) is 2.65. The number of aliphatic carboxylic acids is 1. The Morgan fingerprint density at radius 3 is 2.46 bits per heavy atom. The monoisotopic (exact) mass is 357 g/mol. The molecule has 0 spiro atoms. The number of carbonyl (C=O) groups excluding carboxylic acids is 1. The van der Waals surface area contributed by atoms with Crippen LogP contribution in [0.2, 0.25) is 0 Å². The van der Waals surface area contributed by atoms with E-state index in [1.54, 1.807) is 23.1 Å². The number of aliphatic hydroxyl groups excluding tert-OH is 1. The Kier molecular flexibility index (Phi) is 6.74. The number of aryl methyl sites for hydroxylation is 1. The van der Waals surface area contributed by atoms with Crippen molar-refractivity contribution in [1.82, 2.24) is 4.90 Å². The summed E-state index contributed by atoms with van der Waals surface area (Å²) < 4.78 is 5.11. The van der Waals surface area contributed by atoms with E-state index in [1.807, 2.05) is 38.1 Å². The minimum absolute atomic E-state index is 0.165. The van der Waals surface area contributed by atoms with Gasteiger partial charge in [-0.15, -0.1) is 0 Å². The minimum Gasteiger partial charge on any atom is -0.482 e. The third-order valence-corrected chi connectivity index (χ3v) is 3.97. The predicted molar refractivity (Wildman–Crippen MR) is 97.3 cm³/mol. The second-order valence-corrected chi connectivity index (χ2v) is 5.98. The van der Waals surface area contributed by atoms with Crippen molar-refractivity contribution in [2.45, 2.75) is 20.0 Å². The zero-order chi connectivity index (χ0) is 19.1. The highest BCUT2D eigenvalue weighted by molar-refractivity contribution is 5.94. The van der Waals surface area contributed by atoms with Crippen molar-refractivity contribution in [3.63, 3.8) is 0 Å². The summed E-state index contributed by atoms with van der Waals surface area (Å²) in [4.78, 5) is 24.9. The first-order valence-corrected chi connectivity index (χ1v) is 8.39. The van der Waals surface area contributed by atoms with Crippen LogP contribution in [0.5, 0.6) is 5.75 Å². The quantitative estimate of drug-likeness (QED) is 0.758. The Morgan fingerprint density at radius 2 is 1.85 bits per heavy atom. The van der Waals surface area contributed by atoms with Crippen LogP contribution in [0.4, 0.5) is 0 Å². The molecular formula is C20H23NO5. The van der Waals surface area contributed by atoms with Crippen LogP contribution in [-0.4, -0.2) is 46.7 Å². The topological polar surface area (TPSA) is 87.1 Å². The van der Waals surface area contributed by atoms with Gasteiger partial charge in [0, 0.05) is 12.1 Å². The second-order valence-electron chi connectivity index (χ2n) is 5.98. The van der Waals surface area contributed by atoms with E-state index in [1.165, 1.54) is 6.07 Å². The number of carboxylic acids is 1. The van der Waals surface area contributed by atoms with Gasteiger partial charge in [-0.25, -0.2) is 4.79 Å². The van der Waals surface area contributed by atoms with Gasteiger partial charge >= 0.3 is 5.97 Å². The summed E-state index contributed by atoms with van der Waals surface area (Å²) in [6, 6.07) is 13.9. The number of benzene rings is 2. The van der Waals surface area contributed by atoms with Gasteiger partial charge in [0.25, 0.3) is 5.91 Å². The largest absolute Gasteiger partial charge is 0.482 e. The maximum atomic E-state index is 12.7. The molecule has 2 aromatic rings. The molecule has 26 heavy (non-hydrogen) atoms. The molecule has 0 aromatic heterocycles. The molecule has 1 unspecified atom stereocenters. The van der Waals surface area contributed by atoms with Crippen LogP contribution in [0.15, 0.2) is 48.5 Å². The molecule has 138 valence electrons. The number of likely N-dealkylation sites (N-methyl/N-ethyl adjacent to an activating group) is 1. The lowest BCUT2D eigenvalue weighted by molar-refractivity contribution is -0.139. The van der Waals surface area contributed by atoms with E-state index in [0.29, 0.717) is 17.9 Å². The van der Waals surface area contributed by atoms with Crippen LogP contribution in [0.3, 0.4) is 0 Å². The summed E-state index contributed by atoms with van der Waals surface area (Å²) in [5, 5.41) is 19.1. The lowest BCUT2D eigenvalue weighted by atomic mass is 10.1. The highest BCUT2D eigenvalue weighted by Crippen LogP contribution is 2.19. The van der Waals surface area contributed by atoms with Crippen LogP contribution in [0.25, 0.3) is 0 Å². The number of aliphatic hydroxyl groups is 1. The van der Waals surface area contributed by atoms with E-state index in [4.69, 9.17) is 9.84 Å². The first-order chi connectivity index (χ1) is 12.4. The summed E-state index contributed by atoms with van der Waals surface area (Å²) in [6.45, 7) is 3.93. The van der Waals surface area contributed by atoms with Gasteiger partial charge in [0.1, 0.15) is 5.75 Å². The van der Waals surface area contributed by atoms with Crippen LogP contribution in [0, 0.1) is 6.92 Å². The SMILES string of the molecule is CCN(CC(O)c1ccc(C)cc1)C(=O)c1cccc(OCC(=O)O)c1. The smallest absolute Gasteiger partial charge is 0.341 e. The van der Waals surface area contributed by atoms with Crippen LogP contribution in [0.1, 0.15) is 34.5 Å². The standard InChI is InChI=1S/C20H23NO5/c1-3-21(12-18(22)15-9-7-14(2)8-10-15)20(25)16-5-4-6-17(11-16)26-13-19(23)24/h4-11,18,22H,3,12-13H2,1-2H3,(H,23,24). The van der Waals surface area contributed by atoms with Crippen molar-refractivity contribution in [2.75, 3.05) is 19.7 Å². The van der Waals surface area contributed by atoms with Gasteiger partial charge in [-0.1, -0.05) is 35.9 Å². The molecule has 2 rings (SSSR count). The van der Waals surface area contributed by atoms with Gasteiger partial charge < -0.3 is 19.8 Å². The highest BCUT2D eigenvalue weighted by atomic mass is 16.5. The summed E-state index contributed by atoms with van der Waals surface area (Å²) in [5.74, 6) is -1.02. The molecule has 0 aliphatic rings. The Balaban J connectivity index is 2.09. The van der Waals surface area contributed by atoms with Gasteiger partial charge in [0.2, 0.25) is 0 Å². The lowest BCUT2D eigenvalue weighted by Crippen LogP contribution is -2.34. The second kappa shape index (κ2) is 9.01. The number of amides is 1. The fourth-order valence-corrected chi connectivity index (χ4v) is 2.50. The van der Waals surface area contributed by atoms with Crippen molar-refractivity contribution in [2.24, 2.45) is 0 Å². The normalized spacial score (nSPS) is 11.7. The molecule has 0 bridgehead atoms. The molecule has 0 aliphatic carbocycles. The van der Waals surface area contributed by atoms with Crippen LogP contribution < -0.4 is 4.74 Å². The molecular weight excluding hydrogens is 334 g/mol. The number of hydrogen-bond acceptors (Lipinski definition) is 4. The maximum Gasteiger partial charge on any atom is 0.341 e. The molecule has 2 aromatic carbocycles. The molecule has 0 saturated carbocycles. The molecule has 6 heteroatoms. The van der Waals surface area contributed by atoms with Gasteiger partial charge in [-0.3, -0.25) is 4.79 Å². The fourth-order valence-electron chi connectivity index (χ4n) is 2.50. The summed E-state index contributed by atoms with van der Waals surface area (Å²) >= 11 is 0. The van der Waals surface area contributed by atoms with Crippen molar-refractivity contribution in [3.8, 4) is 5.75 Å². The zero-order valence-electron chi connectivity index (χ0n) is 14.9. The number of hydrogen-bond donors (Lipinski definition) is 2. The van der Waals surface area contributed by atoms with E-state index >= 15 is 0 Å². The molecule has 1 amide bonds. The Bertz CT molecular complexity index is 757. The van der Waals surface area contributed by atoms with E-state index in [9.17, 15) is 14.7 Å². The molecule has 0 saturated heterocycles. The van der Waals surface area contributed by atoms with Gasteiger partial charge in [0.15, 0.2) is 6.61 Å². The Labute approximate surface area is 152 Å². The van der Waals surface area contributed by atoms with Gasteiger partial charge in [-0.05, 0) is 37.6 Å². The van der Waals surface area contributed by atoms with Crippen molar-refractivity contribution < 1.29 is 24.5 Å². The van der Waals surface area contributed by atoms with Crippen molar-refractivity contribution in [1.29, 1.82) is 0 Å². The maximum absolute atomic E-state index is 12.7. The first-order valence-electron chi connectivity index (χ1n) is 8.39. The number of carboxylic acid groups (broad SMARTS) is 1. The average molecular weight is 357 g/mol. The van der Waals surface area contributed by atoms with E-state index in [0.717, 1.165) is 11.1 Å². The van der Waals surface area contributed by atoms with Crippen molar-refractivity contribution in [3.05, 3.63) is 65.2 Å². The first kappa shape index (κ1) is 19.5. The molecule has 6 nitrogen and oxygen atoms in total. The molecule has 2 N–H and O–H groups in total. The summed E-state index contributed by atoms with van der Waals surface area (Å²) in [5.41, 5.74) is 2.23. The molecule has 1 atom stereocenters. The third-order valence-electron chi connectivity index (χ3n) is 3.97. The minimum atomic E-state index is -1.09. The van der Waals surface area contributed by atoms with Crippen LogP contribution >= 0.6 is 0 Å². The summed E-state index contributed by atoms with van der Waals surface area (Å²) in [7, 11) is 0. The zero-order valence-corrected chi connectivity index (χ0v) is 14.9. The average Bonchev–Trinajstić information content (AvgIpc) is 2.64.